The van der Waals surface area contributed by atoms with Crippen LogP contribution < -0.4 is 5.32 Å². The van der Waals surface area contributed by atoms with Crippen LogP contribution in [0.3, 0.4) is 0 Å². The lowest BCUT2D eigenvalue weighted by atomic mass is 10.0. The minimum Gasteiger partial charge on any atom is -0.467 e. The van der Waals surface area contributed by atoms with Crippen molar-refractivity contribution < 1.29 is 18.7 Å². The van der Waals surface area contributed by atoms with Gasteiger partial charge in [-0.25, -0.2) is 9.18 Å². The quantitative estimate of drug-likeness (QED) is 0.627. The molecule has 0 fully saturated rings. The zero-order valence-corrected chi connectivity index (χ0v) is 15.1. The van der Waals surface area contributed by atoms with Crippen molar-refractivity contribution in [3.8, 4) is 10.4 Å². The van der Waals surface area contributed by atoms with Crippen molar-refractivity contribution >= 4 is 29.3 Å². The second-order valence-corrected chi connectivity index (χ2v) is 6.91. The average molecular weight is 361 g/mol. The van der Waals surface area contributed by atoms with E-state index in [0.29, 0.717) is 0 Å². The Morgan fingerprint density at radius 2 is 1.84 bits per heavy atom. The van der Waals surface area contributed by atoms with Crippen LogP contribution in [0.2, 0.25) is 0 Å². The summed E-state index contributed by atoms with van der Waals surface area (Å²) < 4.78 is 17.7. The summed E-state index contributed by atoms with van der Waals surface area (Å²) in [6, 6.07) is 9.37. The fourth-order valence-electron chi connectivity index (χ4n) is 2.20. The maximum absolute atomic E-state index is 13.0. The van der Waals surface area contributed by atoms with Crippen LogP contribution in [0.4, 0.5) is 4.39 Å². The van der Waals surface area contributed by atoms with E-state index in [9.17, 15) is 14.0 Å². The van der Waals surface area contributed by atoms with E-state index in [1.54, 1.807) is 18.2 Å². The van der Waals surface area contributed by atoms with Gasteiger partial charge in [-0.15, -0.1) is 11.3 Å². The predicted molar refractivity (Wildman–Crippen MR) is 97.5 cm³/mol. The van der Waals surface area contributed by atoms with Gasteiger partial charge in [0.2, 0.25) is 5.91 Å². The molecule has 1 amide bonds. The SMILES string of the molecule is COC(=O)[C@@H](NC(=O)/C=C/c1ccc(-c2ccc(F)cc2)s1)C(C)C. The van der Waals surface area contributed by atoms with Crippen molar-refractivity contribution in [1.82, 2.24) is 5.32 Å². The highest BCUT2D eigenvalue weighted by molar-refractivity contribution is 7.16. The van der Waals surface area contributed by atoms with Crippen LogP contribution in [0.1, 0.15) is 18.7 Å². The number of amides is 1. The van der Waals surface area contributed by atoms with E-state index < -0.39 is 12.0 Å². The first-order valence-corrected chi connectivity index (χ1v) is 8.64. The van der Waals surface area contributed by atoms with Crippen molar-refractivity contribution in [3.63, 3.8) is 0 Å². The van der Waals surface area contributed by atoms with Gasteiger partial charge >= 0.3 is 5.97 Å². The molecule has 0 radical (unpaired) electrons. The Bertz CT molecular complexity index is 765. The highest BCUT2D eigenvalue weighted by Gasteiger charge is 2.23. The van der Waals surface area contributed by atoms with Gasteiger partial charge in [-0.05, 0) is 41.8 Å². The first-order chi connectivity index (χ1) is 11.9. The summed E-state index contributed by atoms with van der Waals surface area (Å²) >= 11 is 1.49. The third-order valence-corrected chi connectivity index (χ3v) is 4.67. The molecule has 132 valence electrons. The highest BCUT2D eigenvalue weighted by Crippen LogP contribution is 2.28. The Kier molecular flexibility index (Phi) is 6.47. The van der Waals surface area contributed by atoms with Crippen LogP contribution in [0, 0.1) is 11.7 Å². The lowest BCUT2D eigenvalue weighted by Gasteiger charge is -2.18. The average Bonchev–Trinajstić information content (AvgIpc) is 3.06. The van der Waals surface area contributed by atoms with Gasteiger partial charge in [0.05, 0.1) is 7.11 Å². The number of thiophene rings is 1. The second kappa shape index (κ2) is 8.58. The van der Waals surface area contributed by atoms with Crippen LogP contribution >= 0.6 is 11.3 Å². The van der Waals surface area contributed by atoms with E-state index in [4.69, 9.17) is 4.74 Å². The van der Waals surface area contributed by atoms with Gasteiger partial charge in [0.25, 0.3) is 0 Å². The summed E-state index contributed by atoms with van der Waals surface area (Å²) in [4.78, 5) is 25.5. The van der Waals surface area contributed by atoms with Crippen LogP contribution in [-0.4, -0.2) is 25.0 Å². The number of hydrogen-bond donors (Lipinski definition) is 1. The minimum atomic E-state index is -0.680. The Morgan fingerprint density at radius 1 is 1.16 bits per heavy atom. The number of benzene rings is 1. The highest BCUT2D eigenvalue weighted by atomic mass is 32.1. The molecule has 6 heteroatoms. The number of carbonyl (C=O) groups is 2. The number of halogens is 1. The van der Waals surface area contributed by atoms with Crippen molar-refractivity contribution in [3.05, 3.63) is 53.2 Å². The Hall–Kier alpha value is -2.47. The van der Waals surface area contributed by atoms with Gasteiger partial charge < -0.3 is 10.1 Å². The predicted octanol–water partition coefficient (Wildman–Crippen LogP) is 3.88. The number of carbonyl (C=O) groups excluding carboxylic acids is 2. The van der Waals surface area contributed by atoms with Gasteiger partial charge in [-0.2, -0.15) is 0 Å². The molecule has 2 aromatic rings. The van der Waals surface area contributed by atoms with Gasteiger partial charge in [0.1, 0.15) is 11.9 Å². The molecule has 0 saturated heterocycles. The molecule has 0 aliphatic carbocycles. The van der Waals surface area contributed by atoms with Crippen molar-refractivity contribution in [2.24, 2.45) is 5.92 Å². The first-order valence-electron chi connectivity index (χ1n) is 7.83. The lowest BCUT2D eigenvalue weighted by molar-refractivity contribution is -0.145. The van der Waals surface area contributed by atoms with E-state index in [1.165, 1.54) is 36.7 Å². The molecule has 1 aromatic heterocycles. The Labute approximate surface area is 150 Å². The summed E-state index contributed by atoms with van der Waals surface area (Å²) in [5.74, 6) is -1.17. The third-order valence-electron chi connectivity index (χ3n) is 3.57. The number of hydrogen-bond acceptors (Lipinski definition) is 4. The number of esters is 1. The first kappa shape index (κ1) is 18.9. The smallest absolute Gasteiger partial charge is 0.328 e. The molecule has 1 N–H and O–H groups in total. The van der Waals surface area contributed by atoms with E-state index >= 15 is 0 Å². The maximum Gasteiger partial charge on any atom is 0.328 e. The van der Waals surface area contributed by atoms with Crippen LogP contribution in [0.15, 0.2) is 42.5 Å². The molecular weight excluding hydrogens is 341 g/mol. The normalized spacial score (nSPS) is 12.4. The molecule has 1 aromatic carbocycles. The zero-order valence-electron chi connectivity index (χ0n) is 14.3. The molecule has 4 nitrogen and oxygen atoms in total. The molecule has 0 aliphatic heterocycles. The fraction of sp³-hybridized carbons (Fsp3) is 0.263. The molecule has 0 aliphatic rings. The molecule has 1 heterocycles. The molecule has 25 heavy (non-hydrogen) atoms. The standard InChI is InChI=1S/C19H20FNO3S/c1-12(2)18(19(23)24-3)21-17(22)11-9-15-8-10-16(25-15)13-4-6-14(20)7-5-13/h4-12,18H,1-3H3,(H,21,22)/b11-9+/t18-/m0/s1. The van der Waals surface area contributed by atoms with Gasteiger partial charge in [-0.1, -0.05) is 26.0 Å². The number of nitrogens with one attached hydrogen (secondary N) is 1. The Morgan fingerprint density at radius 3 is 2.44 bits per heavy atom. The summed E-state index contributed by atoms with van der Waals surface area (Å²) in [5, 5.41) is 2.64. The van der Waals surface area contributed by atoms with Crippen molar-refractivity contribution in [2.45, 2.75) is 19.9 Å². The zero-order chi connectivity index (χ0) is 18.4. The molecule has 1 atom stereocenters. The van der Waals surface area contributed by atoms with Crippen molar-refractivity contribution in [1.29, 1.82) is 0 Å². The summed E-state index contributed by atoms with van der Waals surface area (Å²) in [6.45, 7) is 3.67. The van der Waals surface area contributed by atoms with E-state index in [0.717, 1.165) is 15.3 Å². The van der Waals surface area contributed by atoms with Crippen molar-refractivity contribution in [2.75, 3.05) is 7.11 Å². The monoisotopic (exact) mass is 361 g/mol. The summed E-state index contributed by atoms with van der Waals surface area (Å²) in [7, 11) is 1.29. The largest absolute Gasteiger partial charge is 0.467 e. The van der Waals surface area contributed by atoms with E-state index in [2.05, 4.69) is 5.32 Å². The fourth-order valence-corrected chi connectivity index (χ4v) is 3.11. The van der Waals surface area contributed by atoms with Crippen LogP contribution in [0.5, 0.6) is 0 Å². The number of ether oxygens (including phenoxy) is 1. The number of rotatable bonds is 6. The van der Waals surface area contributed by atoms with Gasteiger partial charge in [0, 0.05) is 15.8 Å². The maximum atomic E-state index is 13.0. The number of methoxy groups -OCH3 is 1. The molecule has 0 saturated carbocycles. The molecule has 0 spiro atoms. The third kappa shape index (κ3) is 5.26. The van der Waals surface area contributed by atoms with Crippen LogP contribution in [-0.2, 0) is 14.3 Å². The minimum absolute atomic E-state index is 0.0726. The van der Waals surface area contributed by atoms with Gasteiger partial charge in [0.15, 0.2) is 0 Å². The van der Waals surface area contributed by atoms with Gasteiger partial charge in [-0.3, -0.25) is 4.79 Å². The topological polar surface area (TPSA) is 55.4 Å². The molecular formula is C19H20FNO3S. The van der Waals surface area contributed by atoms with E-state index in [-0.39, 0.29) is 17.6 Å². The molecule has 2 rings (SSSR count). The van der Waals surface area contributed by atoms with Crippen LogP contribution in [0.25, 0.3) is 16.5 Å². The summed E-state index contributed by atoms with van der Waals surface area (Å²) in [6.07, 6.45) is 3.07. The second-order valence-electron chi connectivity index (χ2n) is 5.80. The summed E-state index contributed by atoms with van der Waals surface area (Å²) in [5.41, 5.74) is 0.918. The lowest BCUT2D eigenvalue weighted by Crippen LogP contribution is -2.44. The Balaban J connectivity index is 2.03. The molecule has 0 unspecified atom stereocenters. The molecule has 0 bridgehead atoms. The van der Waals surface area contributed by atoms with E-state index in [1.807, 2.05) is 26.0 Å².